The standard InChI is InChI=1S/C21H24BrNO5/c1-21(2)13-6-7-16(25-3)12(10-23)19(13)28-18-11(8-17(24)26-4)20(27-5)15(22)9-14(18)21/h6-7,9H,8,10,23H2,1-5H3. The number of esters is 1. The first-order chi connectivity index (χ1) is 13.3. The SMILES string of the molecule is COC(=O)Cc1c(OC)c(Br)cc2c1Oc1c(ccc(OC)c1CN)C2(C)C. The van der Waals surface area contributed by atoms with Crippen molar-refractivity contribution >= 4 is 21.9 Å². The summed E-state index contributed by atoms with van der Waals surface area (Å²) in [4.78, 5) is 12.1. The Balaban J connectivity index is 2.32. The van der Waals surface area contributed by atoms with E-state index in [1.807, 2.05) is 18.2 Å². The summed E-state index contributed by atoms with van der Waals surface area (Å²) in [6.45, 7) is 4.49. The lowest BCUT2D eigenvalue weighted by Crippen LogP contribution is -2.27. The van der Waals surface area contributed by atoms with E-state index in [0.29, 0.717) is 28.6 Å². The maximum absolute atomic E-state index is 12.1. The van der Waals surface area contributed by atoms with E-state index in [-0.39, 0.29) is 18.9 Å². The molecular weight excluding hydrogens is 426 g/mol. The van der Waals surface area contributed by atoms with Crippen molar-refractivity contribution in [3.05, 3.63) is 44.9 Å². The Labute approximate surface area is 173 Å². The van der Waals surface area contributed by atoms with Crippen LogP contribution in [0.2, 0.25) is 0 Å². The van der Waals surface area contributed by atoms with Gasteiger partial charge in [0.15, 0.2) is 0 Å². The van der Waals surface area contributed by atoms with Gasteiger partial charge < -0.3 is 24.7 Å². The fourth-order valence-electron chi connectivity index (χ4n) is 3.70. The van der Waals surface area contributed by atoms with E-state index >= 15 is 0 Å². The van der Waals surface area contributed by atoms with Gasteiger partial charge in [0, 0.05) is 28.7 Å². The van der Waals surface area contributed by atoms with Crippen LogP contribution in [-0.2, 0) is 27.9 Å². The minimum atomic E-state index is -0.390. The van der Waals surface area contributed by atoms with Gasteiger partial charge in [0.25, 0.3) is 0 Å². The summed E-state index contributed by atoms with van der Waals surface area (Å²) in [5.74, 6) is 2.08. The quantitative estimate of drug-likeness (QED) is 0.692. The smallest absolute Gasteiger partial charge is 0.310 e. The molecular formula is C21H24BrNO5. The van der Waals surface area contributed by atoms with Gasteiger partial charge in [-0.25, -0.2) is 0 Å². The normalized spacial score (nSPS) is 13.8. The Morgan fingerprint density at radius 1 is 1.11 bits per heavy atom. The minimum absolute atomic E-state index is 0.0226. The van der Waals surface area contributed by atoms with E-state index in [2.05, 4.69) is 29.8 Å². The average Bonchev–Trinajstić information content (AvgIpc) is 2.68. The Kier molecular flexibility index (Phi) is 5.59. The van der Waals surface area contributed by atoms with Gasteiger partial charge in [-0.15, -0.1) is 0 Å². The first kappa shape index (κ1) is 20.5. The number of rotatable bonds is 5. The van der Waals surface area contributed by atoms with E-state index < -0.39 is 5.41 Å². The van der Waals surface area contributed by atoms with Gasteiger partial charge >= 0.3 is 5.97 Å². The van der Waals surface area contributed by atoms with Crippen molar-refractivity contribution < 1.29 is 23.7 Å². The molecule has 0 saturated carbocycles. The number of carbonyl (C=O) groups is 1. The summed E-state index contributed by atoms with van der Waals surface area (Å²) >= 11 is 3.57. The summed E-state index contributed by atoms with van der Waals surface area (Å²) < 4.78 is 23.0. The van der Waals surface area contributed by atoms with Crippen LogP contribution >= 0.6 is 15.9 Å². The van der Waals surface area contributed by atoms with E-state index in [1.54, 1.807) is 14.2 Å². The molecule has 0 amide bonds. The van der Waals surface area contributed by atoms with Crippen LogP contribution in [0.1, 0.15) is 36.1 Å². The zero-order valence-corrected chi connectivity index (χ0v) is 18.2. The highest BCUT2D eigenvalue weighted by Gasteiger charge is 2.39. The van der Waals surface area contributed by atoms with Crippen molar-refractivity contribution in [3.63, 3.8) is 0 Å². The third-order valence-electron chi connectivity index (χ3n) is 5.23. The van der Waals surface area contributed by atoms with Gasteiger partial charge in [-0.1, -0.05) is 19.9 Å². The van der Waals surface area contributed by atoms with Crippen LogP contribution in [0.25, 0.3) is 0 Å². The van der Waals surface area contributed by atoms with Gasteiger partial charge in [-0.2, -0.15) is 0 Å². The summed E-state index contributed by atoms with van der Waals surface area (Å²) in [7, 11) is 4.52. The number of benzene rings is 2. The largest absolute Gasteiger partial charge is 0.496 e. The molecule has 28 heavy (non-hydrogen) atoms. The second-order valence-corrected chi connectivity index (χ2v) is 7.91. The summed E-state index contributed by atoms with van der Waals surface area (Å²) in [6, 6.07) is 5.88. The molecule has 1 aliphatic rings. The summed E-state index contributed by atoms with van der Waals surface area (Å²) in [5, 5.41) is 0. The molecule has 150 valence electrons. The topological polar surface area (TPSA) is 80.0 Å². The molecule has 0 aliphatic carbocycles. The molecule has 0 unspecified atom stereocenters. The predicted molar refractivity (Wildman–Crippen MR) is 110 cm³/mol. The number of halogens is 1. The fraction of sp³-hybridized carbons (Fsp3) is 0.381. The third-order valence-corrected chi connectivity index (χ3v) is 5.82. The highest BCUT2D eigenvalue weighted by atomic mass is 79.9. The van der Waals surface area contributed by atoms with Crippen molar-refractivity contribution in [1.29, 1.82) is 0 Å². The Bertz CT molecular complexity index is 939. The molecule has 0 bridgehead atoms. The Morgan fingerprint density at radius 2 is 1.79 bits per heavy atom. The molecule has 1 heterocycles. The van der Waals surface area contributed by atoms with Crippen molar-refractivity contribution in [2.24, 2.45) is 5.73 Å². The maximum atomic E-state index is 12.1. The number of carbonyl (C=O) groups excluding carboxylic acids is 1. The molecule has 0 atom stereocenters. The molecule has 0 spiro atoms. The average molecular weight is 450 g/mol. The third kappa shape index (κ3) is 3.12. The minimum Gasteiger partial charge on any atom is -0.496 e. The molecule has 0 radical (unpaired) electrons. The molecule has 2 aromatic carbocycles. The van der Waals surface area contributed by atoms with E-state index in [4.69, 9.17) is 24.7 Å². The highest BCUT2D eigenvalue weighted by Crippen LogP contribution is 2.54. The molecule has 7 heteroatoms. The number of ether oxygens (including phenoxy) is 4. The van der Waals surface area contributed by atoms with E-state index in [9.17, 15) is 4.79 Å². The zero-order valence-electron chi connectivity index (χ0n) is 16.6. The number of methoxy groups -OCH3 is 3. The summed E-state index contributed by atoms with van der Waals surface area (Å²) in [5.41, 5.74) is 8.98. The molecule has 0 aromatic heterocycles. The first-order valence-electron chi connectivity index (χ1n) is 8.85. The molecule has 3 rings (SSSR count). The zero-order chi connectivity index (χ0) is 20.6. The lowest BCUT2D eigenvalue weighted by Gasteiger charge is -2.37. The Morgan fingerprint density at radius 3 is 2.36 bits per heavy atom. The van der Waals surface area contributed by atoms with Gasteiger partial charge in [0.2, 0.25) is 0 Å². The van der Waals surface area contributed by atoms with Crippen molar-refractivity contribution in [1.82, 2.24) is 0 Å². The highest BCUT2D eigenvalue weighted by molar-refractivity contribution is 9.10. The van der Waals surface area contributed by atoms with Gasteiger partial charge in [0.1, 0.15) is 23.0 Å². The van der Waals surface area contributed by atoms with Gasteiger partial charge in [0.05, 0.1) is 37.8 Å². The van der Waals surface area contributed by atoms with Crippen LogP contribution in [-0.4, -0.2) is 27.3 Å². The fourth-order valence-corrected chi connectivity index (χ4v) is 4.33. The number of hydrogen-bond acceptors (Lipinski definition) is 6. The van der Waals surface area contributed by atoms with Crippen molar-refractivity contribution in [3.8, 4) is 23.0 Å². The summed E-state index contributed by atoms with van der Waals surface area (Å²) in [6.07, 6.45) is 0.0226. The van der Waals surface area contributed by atoms with Crippen LogP contribution in [0.15, 0.2) is 22.7 Å². The number of nitrogens with two attached hydrogens (primary N) is 1. The van der Waals surface area contributed by atoms with Crippen LogP contribution in [0.5, 0.6) is 23.0 Å². The van der Waals surface area contributed by atoms with Crippen LogP contribution in [0.3, 0.4) is 0 Å². The van der Waals surface area contributed by atoms with E-state index in [0.717, 1.165) is 21.2 Å². The molecule has 0 fully saturated rings. The van der Waals surface area contributed by atoms with E-state index in [1.165, 1.54) is 7.11 Å². The van der Waals surface area contributed by atoms with Crippen LogP contribution in [0, 0.1) is 0 Å². The molecule has 6 nitrogen and oxygen atoms in total. The second kappa shape index (κ2) is 7.64. The molecule has 0 saturated heterocycles. The lowest BCUT2D eigenvalue weighted by molar-refractivity contribution is -0.139. The monoisotopic (exact) mass is 449 g/mol. The molecule has 1 aliphatic heterocycles. The van der Waals surface area contributed by atoms with Crippen molar-refractivity contribution in [2.45, 2.75) is 32.2 Å². The molecule has 2 aromatic rings. The first-order valence-corrected chi connectivity index (χ1v) is 9.64. The van der Waals surface area contributed by atoms with Crippen LogP contribution in [0.4, 0.5) is 0 Å². The number of hydrogen-bond donors (Lipinski definition) is 1. The molecule has 2 N–H and O–H groups in total. The predicted octanol–water partition coefficient (Wildman–Crippen LogP) is 4.07. The van der Waals surface area contributed by atoms with Crippen molar-refractivity contribution in [2.75, 3.05) is 21.3 Å². The van der Waals surface area contributed by atoms with Crippen LogP contribution < -0.4 is 19.9 Å². The Hall–Kier alpha value is -2.25. The van der Waals surface area contributed by atoms with Gasteiger partial charge in [-0.05, 0) is 28.1 Å². The van der Waals surface area contributed by atoms with Gasteiger partial charge in [-0.3, -0.25) is 4.79 Å². The lowest BCUT2D eigenvalue weighted by atomic mass is 9.74. The number of fused-ring (bicyclic) bond motifs is 2. The maximum Gasteiger partial charge on any atom is 0.310 e. The second-order valence-electron chi connectivity index (χ2n) is 7.05.